The first-order chi connectivity index (χ1) is 13.8. The highest BCUT2D eigenvalue weighted by Crippen LogP contribution is 2.29. The maximum Gasteiger partial charge on any atom is 0.339 e. The quantitative estimate of drug-likeness (QED) is 0.390. The normalized spacial score (nSPS) is 11.3. The molecule has 10 heteroatoms. The van der Waals surface area contributed by atoms with Gasteiger partial charge in [0.25, 0.3) is 11.6 Å². The van der Waals surface area contributed by atoms with Gasteiger partial charge in [0.1, 0.15) is 0 Å². The number of hydrogen-bond donors (Lipinski definition) is 1. The molecule has 2 rings (SSSR count). The van der Waals surface area contributed by atoms with Crippen LogP contribution in [-0.2, 0) is 9.53 Å². The second-order valence-corrected chi connectivity index (χ2v) is 6.16. The molecule has 0 spiro atoms. The number of amides is 1. The van der Waals surface area contributed by atoms with Crippen molar-refractivity contribution in [2.24, 2.45) is 0 Å². The largest absolute Gasteiger partial charge is 0.493 e. The SMILES string of the molecule is CCOc1cc(C(=O)OC(C)C(=O)Nc2ccc([N+](=O)[O-])cc2Cl)ccc1OC. The average molecular weight is 423 g/mol. The molecular weight excluding hydrogens is 404 g/mol. The molecule has 0 aliphatic heterocycles. The molecule has 1 N–H and O–H groups in total. The molecule has 0 heterocycles. The maximum atomic E-state index is 12.4. The number of methoxy groups -OCH3 is 1. The Hall–Kier alpha value is -3.33. The molecule has 1 amide bonds. The predicted molar refractivity (Wildman–Crippen MR) is 106 cm³/mol. The van der Waals surface area contributed by atoms with Crippen LogP contribution in [0, 0.1) is 10.1 Å². The van der Waals surface area contributed by atoms with E-state index in [1.54, 1.807) is 13.0 Å². The summed E-state index contributed by atoms with van der Waals surface area (Å²) in [4.78, 5) is 34.8. The number of anilines is 1. The molecule has 0 aromatic heterocycles. The van der Waals surface area contributed by atoms with E-state index in [4.69, 9.17) is 25.8 Å². The van der Waals surface area contributed by atoms with Crippen LogP contribution >= 0.6 is 11.6 Å². The van der Waals surface area contributed by atoms with Crippen molar-refractivity contribution in [1.82, 2.24) is 0 Å². The van der Waals surface area contributed by atoms with Gasteiger partial charge in [-0.1, -0.05) is 11.6 Å². The molecule has 9 nitrogen and oxygen atoms in total. The lowest BCUT2D eigenvalue weighted by Crippen LogP contribution is -2.30. The van der Waals surface area contributed by atoms with Gasteiger partial charge in [0.05, 0.1) is 34.9 Å². The third-order valence-electron chi connectivity index (χ3n) is 3.77. The zero-order valence-corrected chi connectivity index (χ0v) is 16.7. The molecular formula is C19H19ClN2O7. The van der Waals surface area contributed by atoms with Crippen molar-refractivity contribution in [3.05, 3.63) is 57.1 Å². The van der Waals surface area contributed by atoms with Crippen LogP contribution in [-0.4, -0.2) is 36.6 Å². The third kappa shape index (κ3) is 5.58. The highest BCUT2D eigenvalue weighted by Gasteiger charge is 2.21. The van der Waals surface area contributed by atoms with Crippen LogP contribution in [0.5, 0.6) is 11.5 Å². The summed E-state index contributed by atoms with van der Waals surface area (Å²) in [6.07, 6.45) is -1.15. The zero-order chi connectivity index (χ0) is 21.6. The topological polar surface area (TPSA) is 117 Å². The Morgan fingerprint density at radius 3 is 2.52 bits per heavy atom. The number of rotatable bonds is 8. The number of halogens is 1. The first kappa shape index (κ1) is 22.0. The Kier molecular flexibility index (Phi) is 7.38. The number of nitrogens with zero attached hydrogens (tertiary/aromatic N) is 1. The van der Waals surface area contributed by atoms with E-state index in [1.165, 1.54) is 38.3 Å². The molecule has 0 aliphatic rings. The minimum atomic E-state index is -1.15. The molecule has 154 valence electrons. The van der Waals surface area contributed by atoms with Crippen molar-refractivity contribution in [1.29, 1.82) is 0 Å². The Labute approximate surface area is 171 Å². The van der Waals surface area contributed by atoms with Crippen LogP contribution in [0.2, 0.25) is 5.02 Å². The standard InChI is InChI=1S/C19H19ClN2O7/c1-4-28-17-9-12(5-8-16(17)27-3)19(24)29-11(2)18(23)21-15-7-6-13(22(25)26)10-14(15)20/h5-11H,4H2,1-3H3,(H,21,23). The fourth-order valence-electron chi connectivity index (χ4n) is 2.31. The average Bonchev–Trinajstić information content (AvgIpc) is 2.69. The van der Waals surface area contributed by atoms with Gasteiger partial charge in [0.2, 0.25) is 0 Å². The second-order valence-electron chi connectivity index (χ2n) is 5.76. The van der Waals surface area contributed by atoms with Gasteiger partial charge in [-0.15, -0.1) is 0 Å². The maximum absolute atomic E-state index is 12.4. The summed E-state index contributed by atoms with van der Waals surface area (Å²) < 4.78 is 15.8. The number of benzene rings is 2. The summed E-state index contributed by atoms with van der Waals surface area (Å²) in [5.74, 6) is -0.542. The first-order valence-electron chi connectivity index (χ1n) is 8.53. The Balaban J connectivity index is 2.06. The second kappa shape index (κ2) is 9.74. The number of carbonyl (C=O) groups is 2. The molecule has 1 unspecified atom stereocenters. The highest BCUT2D eigenvalue weighted by atomic mass is 35.5. The molecule has 0 saturated carbocycles. The van der Waals surface area contributed by atoms with E-state index >= 15 is 0 Å². The van der Waals surface area contributed by atoms with Crippen LogP contribution in [0.3, 0.4) is 0 Å². The smallest absolute Gasteiger partial charge is 0.339 e. The zero-order valence-electron chi connectivity index (χ0n) is 15.9. The van der Waals surface area contributed by atoms with Gasteiger partial charge >= 0.3 is 5.97 Å². The lowest BCUT2D eigenvalue weighted by atomic mass is 10.2. The van der Waals surface area contributed by atoms with E-state index < -0.39 is 22.9 Å². The first-order valence-corrected chi connectivity index (χ1v) is 8.91. The number of nitro benzene ring substituents is 1. The monoisotopic (exact) mass is 422 g/mol. The number of nitro groups is 1. The molecule has 0 fully saturated rings. The van der Waals surface area contributed by atoms with Crippen LogP contribution in [0.15, 0.2) is 36.4 Å². The highest BCUT2D eigenvalue weighted by molar-refractivity contribution is 6.34. The molecule has 0 bridgehead atoms. The fraction of sp³-hybridized carbons (Fsp3) is 0.263. The Morgan fingerprint density at radius 2 is 1.93 bits per heavy atom. The molecule has 1 atom stereocenters. The van der Waals surface area contributed by atoms with E-state index in [1.807, 2.05) is 0 Å². The van der Waals surface area contributed by atoms with E-state index in [0.29, 0.717) is 18.1 Å². The van der Waals surface area contributed by atoms with E-state index in [0.717, 1.165) is 6.07 Å². The van der Waals surface area contributed by atoms with Crippen molar-refractivity contribution in [3.63, 3.8) is 0 Å². The van der Waals surface area contributed by atoms with Crippen LogP contribution in [0.1, 0.15) is 24.2 Å². The summed E-state index contributed by atoms with van der Waals surface area (Å²) in [6.45, 7) is 3.56. The van der Waals surface area contributed by atoms with Gasteiger partial charge in [0.15, 0.2) is 17.6 Å². The number of esters is 1. The predicted octanol–water partition coefficient (Wildman–Crippen LogP) is 3.84. The molecule has 0 saturated heterocycles. The Bertz CT molecular complexity index is 933. The van der Waals surface area contributed by atoms with Crippen LogP contribution < -0.4 is 14.8 Å². The Morgan fingerprint density at radius 1 is 1.21 bits per heavy atom. The minimum absolute atomic E-state index is 0.0115. The van der Waals surface area contributed by atoms with Gasteiger partial charge in [-0.25, -0.2) is 4.79 Å². The fourth-order valence-corrected chi connectivity index (χ4v) is 2.53. The van der Waals surface area contributed by atoms with Crippen molar-refractivity contribution < 1.29 is 28.7 Å². The number of ether oxygens (including phenoxy) is 3. The summed E-state index contributed by atoms with van der Waals surface area (Å²) in [5.41, 5.74) is 0.132. The van der Waals surface area contributed by atoms with E-state index in [2.05, 4.69) is 5.32 Å². The molecule has 2 aromatic rings. The molecule has 29 heavy (non-hydrogen) atoms. The van der Waals surface area contributed by atoms with E-state index in [9.17, 15) is 19.7 Å². The lowest BCUT2D eigenvalue weighted by Gasteiger charge is -2.15. The number of hydrogen-bond acceptors (Lipinski definition) is 7. The molecule has 2 aromatic carbocycles. The number of nitrogens with one attached hydrogen (secondary N) is 1. The number of carbonyl (C=O) groups excluding carboxylic acids is 2. The van der Waals surface area contributed by atoms with Crippen molar-refractivity contribution >= 4 is 34.9 Å². The van der Waals surface area contributed by atoms with Crippen molar-refractivity contribution in [2.75, 3.05) is 19.0 Å². The van der Waals surface area contributed by atoms with Crippen LogP contribution in [0.25, 0.3) is 0 Å². The van der Waals surface area contributed by atoms with Crippen LogP contribution in [0.4, 0.5) is 11.4 Å². The van der Waals surface area contributed by atoms with E-state index in [-0.39, 0.29) is 22.0 Å². The van der Waals surface area contributed by atoms with Gasteiger partial charge in [-0.2, -0.15) is 0 Å². The van der Waals surface area contributed by atoms with Gasteiger partial charge in [-0.05, 0) is 38.1 Å². The van der Waals surface area contributed by atoms with Crippen molar-refractivity contribution in [3.8, 4) is 11.5 Å². The molecule has 0 radical (unpaired) electrons. The summed E-state index contributed by atoms with van der Waals surface area (Å²) in [5, 5.41) is 13.2. The van der Waals surface area contributed by atoms with Gasteiger partial charge in [0, 0.05) is 12.1 Å². The minimum Gasteiger partial charge on any atom is -0.493 e. The molecule has 0 aliphatic carbocycles. The summed E-state index contributed by atoms with van der Waals surface area (Å²) in [7, 11) is 1.48. The summed E-state index contributed by atoms with van der Waals surface area (Å²) in [6, 6.07) is 8.11. The number of non-ortho nitro benzene ring substituents is 1. The van der Waals surface area contributed by atoms with Gasteiger partial charge < -0.3 is 19.5 Å². The van der Waals surface area contributed by atoms with Crippen molar-refractivity contribution in [2.45, 2.75) is 20.0 Å². The summed E-state index contributed by atoms with van der Waals surface area (Å²) >= 11 is 5.95. The van der Waals surface area contributed by atoms with Gasteiger partial charge in [-0.3, -0.25) is 14.9 Å². The lowest BCUT2D eigenvalue weighted by molar-refractivity contribution is -0.384. The third-order valence-corrected chi connectivity index (χ3v) is 4.09.